The number of hydrogen-bond acceptors (Lipinski definition) is 1. The molecule has 0 heterocycles. The number of hydrogen-bond donors (Lipinski definition) is 1. The zero-order valence-corrected chi connectivity index (χ0v) is 10.3. The summed E-state index contributed by atoms with van der Waals surface area (Å²) in [7, 11) is 0. The summed E-state index contributed by atoms with van der Waals surface area (Å²) in [6.07, 6.45) is 2.32. The lowest BCUT2D eigenvalue weighted by atomic mass is 9.82. The molecule has 16 heavy (non-hydrogen) atoms. The van der Waals surface area contributed by atoms with E-state index in [0.29, 0.717) is 17.0 Å². The fourth-order valence-corrected chi connectivity index (χ4v) is 2.18. The molecule has 1 saturated carbocycles. The Kier molecular flexibility index (Phi) is 2.75. The molecule has 1 unspecified atom stereocenters. The Morgan fingerprint density at radius 2 is 2.12 bits per heavy atom. The van der Waals surface area contributed by atoms with Crippen LogP contribution in [0.2, 0.25) is 5.02 Å². The molecule has 2 rings (SSSR count). The van der Waals surface area contributed by atoms with Gasteiger partial charge in [0.2, 0.25) is 0 Å². The van der Waals surface area contributed by atoms with Gasteiger partial charge in [-0.05, 0) is 48.9 Å². The lowest BCUT2D eigenvalue weighted by molar-refractivity contribution is -0.00768. The molecule has 1 fully saturated rings. The molecule has 1 nitrogen and oxygen atoms in total. The van der Waals surface area contributed by atoms with E-state index in [1.54, 1.807) is 13.0 Å². The van der Waals surface area contributed by atoms with Gasteiger partial charge >= 0.3 is 0 Å². The summed E-state index contributed by atoms with van der Waals surface area (Å²) < 4.78 is 13.5. The molecule has 3 heteroatoms. The van der Waals surface area contributed by atoms with E-state index in [1.165, 1.54) is 12.1 Å². The van der Waals surface area contributed by atoms with Gasteiger partial charge in [-0.3, -0.25) is 0 Å². The van der Waals surface area contributed by atoms with Crippen molar-refractivity contribution in [3.8, 4) is 0 Å². The third kappa shape index (κ3) is 2.09. The van der Waals surface area contributed by atoms with Crippen molar-refractivity contribution in [3.63, 3.8) is 0 Å². The van der Waals surface area contributed by atoms with Gasteiger partial charge in [0.05, 0.1) is 5.60 Å². The second-order valence-corrected chi connectivity index (χ2v) is 5.68. The maximum absolute atomic E-state index is 13.5. The number of benzene rings is 1. The van der Waals surface area contributed by atoms with Crippen molar-refractivity contribution in [3.05, 3.63) is 34.6 Å². The molecule has 1 aliphatic rings. The molecule has 0 amide bonds. The first-order valence-corrected chi connectivity index (χ1v) is 5.88. The van der Waals surface area contributed by atoms with Gasteiger partial charge < -0.3 is 5.11 Å². The standard InChI is InChI=1S/C13H16ClFO/c1-12(5-6-12)13(2,16)8-9-7-10(14)3-4-11(9)15/h3-4,7,16H,5-6,8H2,1-2H3. The molecule has 0 radical (unpaired) electrons. The maximum atomic E-state index is 13.5. The highest BCUT2D eigenvalue weighted by molar-refractivity contribution is 6.30. The number of halogens is 2. The molecule has 0 aromatic heterocycles. The summed E-state index contributed by atoms with van der Waals surface area (Å²) in [6, 6.07) is 4.47. The Hall–Kier alpha value is -0.600. The van der Waals surface area contributed by atoms with Gasteiger partial charge in [-0.25, -0.2) is 4.39 Å². The van der Waals surface area contributed by atoms with Crippen LogP contribution < -0.4 is 0 Å². The zero-order valence-electron chi connectivity index (χ0n) is 9.56. The van der Waals surface area contributed by atoms with Crippen molar-refractivity contribution < 1.29 is 9.50 Å². The van der Waals surface area contributed by atoms with Crippen molar-refractivity contribution in [2.75, 3.05) is 0 Å². The van der Waals surface area contributed by atoms with E-state index in [-0.39, 0.29) is 11.2 Å². The van der Waals surface area contributed by atoms with Crippen LogP contribution in [0.5, 0.6) is 0 Å². The Bertz CT molecular complexity index is 410. The van der Waals surface area contributed by atoms with Crippen LogP contribution in [-0.2, 0) is 6.42 Å². The first-order chi connectivity index (χ1) is 7.34. The van der Waals surface area contributed by atoms with Crippen molar-refractivity contribution in [1.29, 1.82) is 0 Å². The zero-order chi connectivity index (χ0) is 12.0. The van der Waals surface area contributed by atoms with Crippen LogP contribution in [0.4, 0.5) is 4.39 Å². The van der Waals surface area contributed by atoms with Gasteiger partial charge in [0, 0.05) is 11.4 Å². The molecule has 0 bridgehead atoms. The molecule has 1 aromatic carbocycles. The summed E-state index contributed by atoms with van der Waals surface area (Å²) in [5.74, 6) is -0.297. The number of rotatable bonds is 3. The highest BCUT2D eigenvalue weighted by Gasteiger charge is 2.52. The van der Waals surface area contributed by atoms with E-state index in [2.05, 4.69) is 0 Å². The van der Waals surface area contributed by atoms with Gasteiger partial charge in [0.15, 0.2) is 0 Å². The van der Waals surface area contributed by atoms with Crippen LogP contribution in [0.25, 0.3) is 0 Å². The summed E-state index contributed by atoms with van der Waals surface area (Å²) >= 11 is 5.83. The fraction of sp³-hybridized carbons (Fsp3) is 0.538. The van der Waals surface area contributed by atoms with Crippen LogP contribution in [0, 0.1) is 11.2 Å². The average molecular weight is 243 g/mol. The Balaban J connectivity index is 2.23. The molecule has 0 aliphatic heterocycles. The molecule has 88 valence electrons. The van der Waals surface area contributed by atoms with Crippen molar-refractivity contribution >= 4 is 11.6 Å². The van der Waals surface area contributed by atoms with Crippen molar-refractivity contribution in [2.24, 2.45) is 5.41 Å². The lowest BCUT2D eigenvalue weighted by Gasteiger charge is -2.30. The van der Waals surface area contributed by atoms with E-state index in [0.717, 1.165) is 12.8 Å². The van der Waals surface area contributed by atoms with Crippen LogP contribution in [0.15, 0.2) is 18.2 Å². The predicted octanol–water partition coefficient (Wildman–Crippen LogP) is 3.57. The van der Waals surface area contributed by atoms with E-state index in [1.807, 2.05) is 6.92 Å². The highest BCUT2D eigenvalue weighted by atomic mass is 35.5. The fourth-order valence-electron chi connectivity index (χ4n) is 1.99. The molecule has 1 aliphatic carbocycles. The van der Waals surface area contributed by atoms with E-state index < -0.39 is 5.60 Å². The SMILES string of the molecule is CC(O)(Cc1cc(Cl)ccc1F)C1(C)CC1. The average Bonchev–Trinajstić information content (AvgIpc) is 2.91. The molecule has 0 saturated heterocycles. The predicted molar refractivity (Wildman–Crippen MR) is 63.1 cm³/mol. The Labute approximate surface area is 100 Å². The number of aliphatic hydroxyl groups is 1. The quantitative estimate of drug-likeness (QED) is 0.859. The molecular weight excluding hydrogens is 227 g/mol. The summed E-state index contributed by atoms with van der Waals surface area (Å²) in [4.78, 5) is 0. The molecular formula is C13H16ClFO. The van der Waals surface area contributed by atoms with Crippen LogP contribution in [0.3, 0.4) is 0 Å². The molecule has 1 aromatic rings. The van der Waals surface area contributed by atoms with E-state index >= 15 is 0 Å². The van der Waals surface area contributed by atoms with Crippen LogP contribution >= 0.6 is 11.6 Å². The Morgan fingerprint density at radius 1 is 1.50 bits per heavy atom. The summed E-state index contributed by atoms with van der Waals surface area (Å²) in [6.45, 7) is 3.82. The van der Waals surface area contributed by atoms with Gasteiger partial charge in [-0.15, -0.1) is 0 Å². The topological polar surface area (TPSA) is 20.2 Å². The third-order valence-corrected chi connectivity index (χ3v) is 4.08. The second-order valence-electron chi connectivity index (χ2n) is 5.25. The van der Waals surface area contributed by atoms with E-state index in [4.69, 9.17) is 11.6 Å². The van der Waals surface area contributed by atoms with E-state index in [9.17, 15) is 9.50 Å². The largest absolute Gasteiger partial charge is 0.389 e. The van der Waals surface area contributed by atoms with Gasteiger partial charge in [0.25, 0.3) is 0 Å². The van der Waals surface area contributed by atoms with Crippen molar-refractivity contribution in [2.45, 2.75) is 38.7 Å². The highest BCUT2D eigenvalue weighted by Crippen LogP contribution is 2.54. The smallest absolute Gasteiger partial charge is 0.126 e. The van der Waals surface area contributed by atoms with Crippen molar-refractivity contribution in [1.82, 2.24) is 0 Å². The minimum Gasteiger partial charge on any atom is -0.389 e. The molecule has 1 atom stereocenters. The minimum atomic E-state index is -0.863. The van der Waals surface area contributed by atoms with Gasteiger partial charge in [-0.2, -0.15) is 0 Å². The van der Waals surface area contributed by atoms with Crippen LogP contribution in [-0.4, -0.2) is 10.7 Å². The Morgan fingerprint density at radius 3 is 2.69 bits per heavy atom. The molecule has 0 spiro atoms. The summed E-state index contributed by atoms with van der Waals surface area (Å²) in [5.41, 5.74) is -0.439. The first kappa shape index (κ1) is 11.9. The first-order valence-electron chi connectivity index (χ1n) is 5.50. The maximum Gasteiger partial charge on any atom is 0.126 e. The second kappa shape index (κ2) is 3.71. The van der Waals surface area contributed by atoms with Gasteiger partial charge in [0.1, 0.15) is 5.82 Å². The van der Waals surface area contributed by atoms with Gasteiger partial charge in [-0.1, -0.05) is 18.5 Å². The lowest BCUT2D eigenvalue weighted by Crippen LogP contribution is -2.37. The molecule has 1 N–H and O–H groups in total. The monoisotopic (exact) mass is 242 g/mol. The normalized spacial score (nSPS) is 21.6. The minimum absolute atomic E-state index is 0.0677. The summed E-state index contributed by atoms with van der Waals surface area (Å²) in [5, 5.41) is 10.9. The van der Waals surface area contributed by atoms with Crippen LogP contribution in [0.1, 0.15) is 32.3 Å². The third-order valence-electron chi connectivity index (χ3n) is 3.84.